The van der Waals surface area contributed by atoms with E-state index in [0.717, 1.165) is 11.1 Å². The maximum absolute atomic E-state index is 11.6. The monoisotopic (exact) mass is 542 g/mol. The van der Waals surface area contributed by atoms with Crippen LogP contribution in [0.1, 0.15) is 112 Å². The third-order valence-electron chi connectivity index (χ3n) is 6.94. The number of benzene rings is 2. The van der Waals surface area contributed by atoms with Crippen molar-refractivity contribution in [2.45, 2.75) is 91.3 Å². The highest BCUT2D eigenvalue weighted by molar-refractivity contribution is 5.81. The molecule has 0 fully saturated rings. The Balaban J connectivity index is 1.98. The van der Waals surface area contributed by atoms with Crippen molar-refractivity contribution in [3.8, 4) is 11.5 Å². The van der Waals surface area contributed by atoms with Crippen molar-refractivity contribution in [3.05, 3.63) is 57.6 Å². The second-order valence-electron chi connectivity index (χ2n) is 13.0. The second kappa shape index (κ2) is 12.2. The van der Waals surface area contributed by atoms with Crippen molar-refractivity contribution in [2.75, 3.05) is 26.4 Å². The minimum absolute atomic E-state index is 0.0731. The predicted molar refractivity (Wildman–Crippen MR) is 153 cm³/mol. The Bertz CT molecular complexity index is 1070. The highest BCUT2D eigenvalue weighted by Crippen LogP contribution is 2.39. The predicted octanol–water partition coefficient (Wildman–Crippen LogP) is 6.54. The maximum atomic E-state index is 11.6. The van der Waals surface area contributed by atoms with Gasteiger partial charge < -0.3 is 24.4 Å². The number of ether oxygens (including phenoxy) is 3. The first kappa shape index (κ1) is 32.5. The van der Waals surface area contributed by atoms with Gasteiger partial charge in [-0.05, 0) is 73.9 Å². The molecule has 216 valence electrons. The first-order valence-electron chi connectivity index (χ1n) is 13.4. The number of carbonyl (C=O) groups excluding carboxylic acids is 2. The van der Waals surface area contributed by atoms with Gasteiger partial charge in [0.1, 0.15) is 11.5 Å². The van der Waals surface area contributed by atoms with Gasteiger partial charge in [0.15, 0.2) is 12.6 Å². The Labute approximate surface area is 233 Å². The van der Waals surface area contributed by atoms with Crippen LogP contribution in [-0.2, 0) is 36.2 Å². The van der Waals surface area contributed by atoms with Crippen molar-refractivity contribution in [2.24, 2.45) is 0 Å². The Morgan fingerprint density at radius 3 is 1.21 bits per heavy atom. The summed E-state index contributed by atoms with van der Waals surface area (Å²) in [7, 11) is 0. The molecule has 2 N–H and O–H groups in total. The zero-order valence-electron chi connectivity index (χ0n) is 25.2. The van der Waals surface area contributed by atoms with Gasteiger partial charge >= 0.3 is 0 Å². The van der Waals surface area contributed by atoms with Gasteiger partial charge in [-0.2, -0.15) is 0 Å². The Kier molecular flexibility index (Phi) is 10.2. The molecule has 2 aromatic rings. The van der Waals surface area contributed by atoms with E-state index in [1.54, 1.807) is 12.1 Å². The molecule has 0 aliphatic rings. The fourth-order valence-corrected chi connectivity index (χ4v) is 4.25. The number of phenols is 2. The molecule has 2 aromatic carbocycles. The average molecular weight is 543 g/mol. The summed E-state index contributed by atoms with van der Waals surface area (Å²) in [6.07, 6.45) is 1.32. The molecule has 39 heavy (non-hydrogen) atoms. The lowest BCUT2D eigenvalue weighted by Gasteiger charge is -2.30. The first-order valence-corrected chi connectivity index (χ1v) is 13.4. The highest BCUT2D eigenvalue weighted by Gasteiger charge is 2.30. The fraction of sp³-hybridized carbons (Fsp3) is 0.562. The molecule has 2 rings (SSSR count). The smallest absolute Gasteiger partial charge is 0.153 e. The van der Waals surface area contributed by atoms with Crippen LogP contribution in [0.3, 0.4) is 0 Å². The molecular weight excluding hydrogens is 496 g/mol. The minimum Gasteiger partial charge on any atom is -0.507 e. The quantitative estimate of drug-likeness (QED) is 0.232. The summed E-state index contributed by atoms with van der Waals surface area (Å²) >= 11 is 0. The van der Waals surface area contributed by atoms with Gasteiger partial charge in [0.2, 0.25) is 0 Å². The molecular formula is C32H46O7. The lowest BCUT2D eigenvalue weighted by atomic mass is 9.82. The van der Waals surface area contributed by atoms with Crippen LogP contribution >= 0.6 is 0 Å². The summed E-state index contributed by atoms with van der Waals surface area (Å²) in [5, 5.41) is 21.4. The lowest BCUT2D eigenvalue weighted by Crippen LogP contribution is -2.27. The van der Waals surface area contributed by atoms with Crippen LogP contribution in [-0.4, -0.2) is 49.2 Å². The molecule has 0 atom stereocenters. The van der Waals surface area contributed by atoms with E-state index in [0.29, 0.717) is 36.9 Å². The van der Waals surface area contributed by atoms with Crippen LogP contribution in [0, 0.1) is 0 Å². The zero-order chi connectivity index (χ0) is 29.8. The zero-order valence-corrected chi connectivity index (χ0v) is 25.2. The summed E-state index contributed by atoms with van der Waals surface area (Å²) < 4.78 is 17.8. The molecule has 0 heterocycles. The molecule has 7 nitrogen and oxygen atoms in total. The number of aldehydes is 2. The molecule has 0 spiro atoms. The molecule has 0 amide bonds. The average Bonchev–Trinajstić information content (AvgIpc) is 2.81. The third kappa shape index (κ3) is 8.13. The molecule has 0 saturated heterocycles. The van der Waals surface area contributed by atoms with Crippen molar-refractivity contribution in [3.63, 3.8) is 0 Å². The number of carbonyl (C=O) groups is 2. The number of aromatic hydroxyl groups is 2. The van der Waals surface area contributed by atoms with Crippen LogP contribution < -0.4 is 0 Å². The van der Waals surface area contributed by atoms with Crippen molar-refractivity contribution in [1.29, 1.82) is 0 Å². The molecule has 0 aromatic heterocycles. The Hall–Kier alpha value is -2.74. The van der Waals surface area contributed by atoms with Crippen LogP contribution in [0.5, 0.6) is 11.5 Å². The minimum atomic E-state index is -0.850. The van der Waals surface area contributed by atoms with Gasteiger partial charge in [-0.25, -0.2) is 0 Å². The Morgan fingerprint density at radius 2 is 0.923 bits per heavy atom. The first-order chi connectivity index (χ1) is 17.8. The number of hydrogen-bond acceptors (Lipinski definition) is 7. The van der Waals surface area contributed by atoms with Crippen LogP contribution in [0.15, 0.2) is 24.3 Å². The highest BCUT2D eigenvalue weighted by atomic mass is 16.6. The van der Waals surface area contributed by atoms with Gasteiger partial charge in [-0.3, -0.25) is 9.59 Å². The van der Waals surface area contributed by atoms with E-state index < -0.39 is 11.2 Å². The van der Waals surface area contributed by atoms with Crippen LogP contribution in [0.2, 0.25) is 0 Å². The molecule has 0 aliphatic carbocycles. The molecule has 0 saturated carbocycles. The van der Waals surface area contributed by atoms with Crippen LogP contribution in [0.25, 0.3) is 0 Å². The van der Waals surface area contributed by atoms with E-state index in [1.165, 1.54) is 0 Å². The summed E-state index contributed by atoms with van der Waals surface area (Å²) in [6.45, 7) is 20.8. The summed E-state index contributed by atoms with van der Waals surface area (Å²) in [5.74, 6) is -0.146. The standard InChI is InChI=1S/C32H46O7/c1-29(2,3)23-15-21(19-33)27(35)25(17-23)31(7,8)38-13-11-37-12-14-39-32(9,10)26-18-24(30(4,5)6)16-22(20-34)28(26)36/h15-20,35-36H,11-14H2,1-10H3. The number of phenolic OH excluding ortho intramolecular Hbond substituents is 2. The fourth-order valence-electron chi connectivity index (χ4n) is 4.25. The summed E-state index contributed by atoms with van der Waals surface area (Å²) in [5.41, 5.74) is 1.35. The van der Waals surface area contributed by atoms with Gasteiger partial charge in [0.05, 0.1) is 48.8 Å². The lowest BCUT2D eigenvalue weighted by molar-refractivity contribution is -0.0754. The summed E-state index contributed by atoms with van der Waals surface area (Å²) in [4.78, 5) is 23.1. The molecule has 0 bridgehead atoms. The largest absolute Gasteiger partial charge is 0.507 e. The van der Waals surface area contributed by atoms with E-state index >= 15 is 0 Å². The van der Waals surface area contributed by atoms with E-state index in [9.17, 15) is 19.8 Å². The van der Waals surface area contributed by atoms with Gasteiger partial charge in [-0.15, -0.1) is 0 Å². The van der Waals surface area contributed by atoms with E-state index in [2.05, 4.69) is 0 Å². The van der Waals surface area contributed by atoms with Gasteiger partial charge in [0.25, 0.3) is 0 Å². The van der Waals surface area contributed by atoms with Crippen molar-refractivity contribution >= 4 is 12.6 Å². The van der Waals surface area contributed by atoms with Crippen molar-refractivity contribution < 1.29 is 34.0 Å². The van der Waals surface area contributed by atoms with E-state index in [1.807, 2.05) is 81.4 Å². The summed E-state index contributed by atoms with van der Waals surface area (Å²) in [6, 6.07) is 7.20. The third-order valence-corrected chi connectivity index (χ3v) is 6.94. The number of hydrogen-bond donors (Lipinski definition) is 2. The Morgan fingerprint density at radius 1 is 0.590 bits per heavy atom. The second-order valence-corrected chi connectivity index (χ2v) is 13.0. The van der Waals surface area contributed by atoms with E-state index in [-0.39, 0.29) is 46.7 Å². The molecule has 7 heteroatoms. The van der Waals surface area contributed by atoms with Crippen LogP contribution in [0.4, 0.5) is 0 Å². The topological polar surface area (TPSA) is 102 Å². The van der Waals surface area contributed by atoms with Gasteiger partial charge in [0, 0.05) is 11.1 Å². The molecule has 0 radical (unpaired) electrons. The normalized spacial score (nSPS) is 13.0. The number of rotatable bonds is 12. The SMILES string of the molecule is CC(C)(C)c1cc(C=O)c(O)c(C(C)(C)OCCOCCOC(C)(C)c2cc(C(C)(C)C)cc(C=O)c2O)c1. The van der Waals surface area contributed by atoms with E-state index in [4.69, 9.17) is 14.2 Å². The van der Waals surface area contributed by atoms with Gasteiger partial charge in [-0.1, -0.05) is 41.5 Å². The molecule has 0 unspecified atom stereocenters. The van der Waals surface area contributed by atoms with Crippen molar-refractivity contribution in [1.82, 2.24) is 0 Å². The molecule has 0 aliphatic heterocycles. The maximum Gasteiger partial charge on any atom is 0.153 e.